The maximum atomic E-state index is 13.8. The standard InChI is InChI=1S/C15H17FN4/c16-12-4-2-1-3-11(12)15-19-9-13(18-8-7-17)14(20-15)10-5-6-10/h1-4,9-10,18H,5-8,17H2. The van der Waals surface area contributed by atoms with E-state index < -0.39 is 0 Å². The van der Waals surface area contributed by atoms with Gasteiger partial charge in [0, 0.05) is 19.0 Å². The zero-order chi connectivity index (χ0) is 13.9. The molecule has 0 unspecified atom stereocenters. The minimum absolute atomic E-state index is 0.295. The van der Waals surface area contributed by atoms with Crippen LogP contribution < -0.4 is 11.1 Å². The summed E-state index contributed by atoms with van der Waals surface area (Å²) >= 11 is 0. The van der Waals surface area contributed by atoms with Crippen LogP contribution in [0, 0.1) is 5.82 Å². The lowest BCUT2D eigenvalue weighted by Gasteiger charge is -2.11. The molecule has 1 aliphatic carbocycles. The number of nitrogens with two attached hydrogens (primary N) is 1. The van der Waals surface area contributed by atoms with Gasteiger partial charge in [0.2, 0.25) is 0 Å². The molecule has 2 aromatic rings. The fourth-order valence-electron chi connectivity index (χ4n) is 2.18. The second-order valence-electron chi connectivity index (χ2n) is 4.96. The SMILES string of the molecule is NCCNc1cnc(-c2ccccc2F)nc1C1CC1. The molecular weight excluding hydrogens is 255 g/mol. The van der Waals surface area contributed by atoms with E-state index in [1.54, 1.807) is 24.4 Å². The molecule has 1 aliphatic rings. The van der Waals surface area contributed by atoms with Crippen LogP contribution in [-0.2, 0) is 0 Å². The summed E-state index contributed by atoms with van der Waals surface area (Å²) in [5.74, 6) is 0.615. The molecular formula is C15H17FN4. The molecule has 4 nitrogen and oxygen atoms in total. The first-order valence-corrected chi connectivity index (χ1v) is 6.85. The van der Waals surface area contributed by atoms with Crippen LogP contribution in [-0.4, -0.2) is 23.1 Å². The van der Waals surface area contributed by atoms with Crippen molar-refractivity contribution in [2.45, 2.75) is 18.8 Å². The first-order valence-electron chi connectivity index (χ1n) is 6.85. The van der Waals surface area contributed by atoms with E-state index in [1.165, 1.54) is 6.07 Å². The molecule has 104 valence electrons. The lowest BCUT2D eigenvalue weighted by atomic mass is 10.1. The molecule has 0 bridgehead atoms. The van der Waals surface area contributed by atoms with E-state index in [0.717, 1.165) is 24.2 Å². The van der Waals surface area contributed by atoms with Crippen molar-refractivity contribution in [3.05, 3.63) is 42.0 Å². The normalized spacial score (nSPS) is 14.3. The van der Waals surface area contributed by atoms with Crippen LogP contribution in [0.3, 0.4) is 0 Å². The number of halogens is 1. The Kier molecular flexibility index (Phi) is 3.60. The third-order valence-corrected chi connectivity index (χ3v) is 3.36. The average molecular weight is 272 g/mol. The Morgan fingerprint density at radius 1 is 1.30 bits per heavy atom. The number of nitrogens with one attached hydrogen (secondary N) is 1. The average Bonchev–Trinajstić information content (AvgIpc) is 3.30. The van der Waals surface area contributed by atoms with E-state index in [2.05, 4.69) is 15.3 Å². The second-order valence-corrected chi connectivity index (χ2v) is 4.96. The van der Waals surface area contributed by atoms with E-state index >= 15 is 0 Å². The minimum Gasteiger partial charge on any atom is -0.381 e. The third kappa shape index (κ3) is 2.63. The number of nitrogens with zero attached hydrogens (tertiary/aromatic N) is 2. The molecule has 20 heavy (non-hydrogen) atoms. The summed E-state index contributed by atoms with van der Waals surface area (Å²) in [6.45, 7) is 1.24. The van der Waals surface area contributed by atoms with Crippen molar-refractivity contribution in [2.75, 3.05) is 18.4 Å². The highest BCUT2D eigenvalue weighted by Gasteiger charge is 2.28. The molecule has 0 radical (unpaired) electrons. The van der Waals surface area contributed by atoms with E-state index in [0.29, 0.717) is 30.4 Å². The summed E-state index contributed by atoms with van der Waals surface area (Å²) in [7, 11) is 0. The quantitative estimate of drug-likeness (QED) is 0.878. The predicted octanol–water partition coefficient (Wildman–Crippen LogP) is 2.53. The van der Waals surface area contributed by atoms with E-state index in [4.69, 9.17) is 5.73 Å². The van der Waals surface area contributed by atoms with Gasteiger partial charge in [0.05, 0.1) is 23.1 Å². The van der Waals surface area contributed by atoms with E-state index in [1.807, 2.05) is 0 Å². The Hall–Kier alpha value is -2.01. The number of benzene rings is 1. The van der Waals surface area contributed by atoms with Gasteiger partial charge < -0.3 is 11.1 Å². The van der Waals surface area contributed by atoms with Gasteiger partial charge in [-0.1, -0.05) is 12.1 Å². The third-order valence-electron chi connectivity index (χ3n) is 3.36. The number of hydrogen-bond donors (Lipinski definition) is 2. The van der Waals surface area contributed by atoms with Gasteiger partial charge in [0.1, 0.15) is 5.82 Å². The molecule has 0 aliphatic heterocycles. The Labute approximate surface area is 117 Å². The molecule has 1 aromatic heterocycles. The molecule has 1 heterocycles. The molecule has 3 N–H and O–H groups in total. The van der Waals surface area contributed by atoms with Gasteiger partial charge in [-0.3, -0.25) is 0 Å². The lowest BCUT2D eigenvalue weighted by Crippen LogP contribution is -2.15. The maximum Gasteiger partial charge on any atom is 0.162 e. The fourth-order valence-corrected chi connectivity index (χ4v) is 2.18. The van der Waals surface area contributed by atoms with Crippen molar-refractivity contribution in [1.82, 2.24) is 9.97 Å². The van der Waals surface area contributed by atoms with Crippen molar-refractivity contribution in [3.8, 4) is 11.4 Å². The maximum absolute atomic E-state index is 13.8. The number of aromatic nitrogens is 2. The van der Waals surface area contributed by atoms with E-state index in [-0.39, 0.29) is 5.82 Å². The summed E-state index contributed by atoms with van der Waals surface area (Å²) in [6, 6.07) is 6.58. The van der Waals surface area contributed by atoms with Crippen LogP contribution in [0.1, 0.15) is 24.5 Å². The van der Waals surface area contributed by atoms with Crippen LogP contribution >= 0.6 is 0 Å². The Morgan fingerprint density at radius 3 is 2.80 bits per heavy atom. The first-order chi connectivity index (χ1) is 9.79. The smallest absolute Gasteiger partial charge is 0.162 e. The zero-order valence-electron chi connectivity index (χ0n) is 11.1. The molecule has 0 atom stereocenters. The van der Waals surface area contributed by atoms with Gasteiger partial charge in [0.25, 0.3) is 0 Å². The van der Waals surface area contributed by atoms with Crippen LogP contribution in [0.15, 0.2) is 30.5 Å². The minimum atomic E-state index is -0.295. The summed E-state index contributed by atoms with van der Waals surface area (Å²) in [4.78, 5) is 8.84. The van der Waals surface area contributed by atoms with Crippen molar-refractivity contribution in [1.29, 1.82) is 0 Å². The lowest BCUT2D eigenvalue weighted by molar-refractivity contribution is 0.630. The highest BCUT2D eigenvalue weighted by molar-refractivity contribution is 5.59. The number of anilines is 1. The molecule has 3 rings (SSSR count). The van der Waals surface area contributed by atoms with Crippen molar-refractivity contribution in [3.63, 3.8) is 0 Å². The Bertz CT molecular complexity index is 611. The molecule has 1 fully saturated rings. The summed E-state index contributed by atoms with van der Waals surface area (Å²) < 4.78 is 13.8. The molecule has 0 spiro atoms. The highest BCUT2D eigenvalue weighted by atomic mass is 19.1. The van der Waals surface area contributed by atoms with Crippen LogP contribution in [0.25, 0.3) is 11.4 Å². The summed E-state index contributed by atoms with van der Waals surface area (Å²) in [5.41, 5.74) is 7.84. The predicted molar refractivity (Wildman–Crippen MR) is 76.9 cm³/mol. The van der Waals surface area contributed by atoms with Gasteiger partial charge in [0.15, 0.2) is 5.82 Å². The number of rotatable bonds is 5. The van der Waals surface area contributed by atoms with Crippen molar-refractivity contribution >= 4 is 5.69 Å². The molecule has 1 saturated carbocycles. The number of hydrogen-bond acceptors (Lipinski definition) is 4. The molecule has 1 aromatic carbocycles. The van der Waals surface area contributed by atoms with Crippen molar-refractivity contribution in [2.24, 2.45) is 5.73 Å². The van der Waals surface area contributed by atoms with Gasteiger partial charge in [-0.25, -0.2) is 14.4 Å². The van der Waals surface area contributed by atoms with E-state index in [9.17, 15) is 4.39 Å². The second kappa shape index (κ2) is 5.54. The van der Waals surface area contributed by atoms with Crippen LogP contribution in [0.4, 0.5) is 10.1 Å². The zero-order valence-corrected chi connectivity index (χ0v) is 11.1. The van der Waals surface area contributed by atoms with Crippen LogP contribution in [0.2, 0.25) is 0 Å². The largest absolute Gasteiger partial charge is 0.381 e. The summed E-state index contributed by atoms with van der Waals surface area (Å²) in [6.07, 6.45) is 3.99. The Morgan fingerprint density at radius 2 is 2.10 bits per heavy atom. The monoisotopic (exact) mass is 272 g/mol. The Balaban J connectivity index is 1.97. The highest BCUT2D eigenvalue weighted by Crippen LogP contribution is 2.42. The van der Waals surface area contributed by atoms with Crippen molar-refractivity contribution < 1.29 is 4.39 Å². The first kappa shape index (κ1) is 13.0. The van der Waals surface area contributed by atoms with Gasteiger partial charge >= 0.3 is 0 Å². The molecule has 0 amide bonds. The summed E-state index contributed by atoms with van der Waals surface area (Å²) in [5, 5.41) is 3.23. The topological polar surface area (TPSA) is 63.8 Å². The fraction of sp³-hybridized carbons (Fsp3) is 0.333. The molecule has 0 saturated heterocycles. The van der Waals surface area contributed by atoms with Crippen LogP contribution in [0.5, 0.6) is 0 Å². The van der Waals surface area contributed by atoms with Gasteiger partial charge in [-0.05, 0) is 25.0 Å². The molecule has 5 heteroatoms. The van der Waals surface area contributed by atoms with Gasteiger partial charge in [-0.2, -0.15) is 0 Å². The van der Waals surface area contributed by atoms with Gasteiger partial charge in [-0.15, -0.1) is 0 Å².